The lowest BCUT2D eigenvalue weighted by molar-refractivity contribution is 0.0697. The second kappa shape index (κ2) is 10.8. The van der Waals surface area contributed by atoms with Gasteiger partial charge in [0.2, 0.25) is 0 Å². The third-order valence-electron chi connectivity index (χ3n) is 6.64. The Hall–Kier alpha value is -2.95. The van der Waals surface area contributed by atoms with Gasteiger partial charge in [-0.05, 0) is 41.0 Å². The number of carboxylic acid groups (broad SMARTS) is 1. The van der Waals surface area contributed by atoms with Crippen LogP contribution in [0.15, 0.2) is 48.5 Å². The Bertz CT molecular complexity index is 1060. The largest absolute Gasteiger partial charge is 0.478 e. The normalized spacial score (nSPS) is 14.6. The first-order valence-electron chi connectivity index (χ1n) is 12.3. The first-order chi connectivity index (χ1) is 16.0. The van der Waals surface area contributed by atoms with Gasteiger partial charge in [0.15, 0.2) is 5.82 Å². The Morgan fingerprint density at radius 2 is 1.79 bits per heavy atom. The molecular formula is C28H35N3O2. The molecule has 2 aromatic carbocycles. The zero-order chi connectivity index (χ0) is 23.2. The number of nitrogens with zero attached hydrogens (tertiary/aromatic N) is 3. The summed E-state index contributed by atoms with van der Waals surface area (Å²) in [5, 5.41) is 14.4. The van der Waals surface area contributed by atoms with Crippen LogP contribution in [0, 0.1) is 11.8 Å². The Morgan fingerprint density at radius 1 is 1.06 bits per heavy atom. The minimum atomic E-state index is -0.906. The molecule has 1 N–H and O–H groups in total. The fraction of sp³-hybridized carbons (Fsp3) is 0.464. The van der Waals surface area contributed by atoms with Crippen LogP contribution in [0.3, 0.4) is 0 Å². The van der Waals surface area contributed by atoms with Crippen LogP contribution in [0.2, 0.25) is 0 Å². The highest BCUT2D eigenvalue weighted by Gasteiger charge is 2.17. The third kappa shape index (κ3) is 6.10. The van der Waals surface area contributed by atoms with Gasteiger partial charge in [-0.3, -0.25) is 0 Å². The highest BCUT2D eigenvalue weighted by Crippen LogP contribution is 2.27. The lowest BCUT2D eigenvalue weighted by Gasteiger charge is -2.20. The van der Waals surface area contributed by atoms with Gasteiger partial charge in [-0.15, -0.1) is 0 Å². The Balaban J connectivity index is 1.49. The van der Waals surface area contributed by atoms with Crippen molar-refractivity contribution in [2.75, 3.05) is 0 Å². The van der Waals surface area contributed by atoms with E-state index >= 15 is 0 Å². The van der Waals surface area contributed by atoms with E-state index in [1.807, 2.05) is 24.3 Å². The summed E-state index contributed by atoms with van der Waals surface area (Å²) in [4.78, 5) is 16.5. The molecule has 1 saturated carbocycles. The standard InChI is InChI=1S/C28H35N3O2/c1-20(2)18-27-29-26(17-14-21-8-4-3-5-9-21)30-31(27)19-22-12-15-23(16-13-22)24-10-6-7-11-25(24)28(32)33/h6-7,10-13,15-16,20-21H,3-5,8-9,14,17-19H2,1-2H3,(H,32,33). The summed E-state index contributed by atoms with van der Waals surface area (Å²) in [6.45, 7) is 5.12. The second-order valence-corrected chi connectivity index (χ2v) is 9.79. The van der Waals surface area contributed by atoms with Crippen molar-refractivity contribution in [3.63, 3.8) is 0 Å². The van der Waals surface area contributed by atoms with Crippen molar-refractivity contribution >= 4 is 5.97 Å². The molecule has 3 aromatic rings. The number of aromatic carboxylic acids is 1. The SMILES string of the molecule is CC(C)Cc1nc(CCC2CCCCC2)nn1Cc1ccc(-c2ccccc2C(=O)O)cc1. The predicted octanol–water partition coefficient (Wildman–Crippen LogP) is 6.40. The maximum atomic E-state index is 11.6. The lowest BCUT2D eigenvalue weighted by atomic mass is 9.86. The maximum absolute atomic E-state index is 11.6. The molecule has 33 heavy (non-hydrogen) atoms. The van der Waals surface area contributed by atoms with Gasteiger partial charge < -0.3 is 5.11 Å². The maximum Gasteiger partial charge on any atom is 0.336 e. The van der Waals surface area contributed by atoms with Crippen molar-refractivity contribution in [1.82, 2.24) is 14.8 Å². The van der Waals surface area contributed by atoms with E-state index in [2.05, 4.69) is 30.7 Å². The molecule has 5 nitrogen and oxygen atoms in total. The van der Waals surface area contributed by atoms with E-state index in [1.54, 1.807) is 12.1 Å². The van der Waals surface area contributed by atoms with Gasteiger partial charge in [0.1, 0.15) is 5.82 Å². The monoisotopic (exact) mass is 445 g/mol. The quantitative estimate of drug-likeness (QED) is 0.414. The average molecular weight is 446 g/mol. The minimum Gasteiger partial charge on any atom is -0.478 e. The van der Waals surface area contributed by atoms with Gasteiger partial charge in [0, 0.05) is 12.8 Å². The molecule has 4 rings (SSSR count). The molecule has 174 valence electrons. The van der Waals surface area contributed by atoms with Gasteiger partial charge in [0.25, 0.3) is 0 Å². The molecule has 0 unspecified atom stereocenters. The van der Waals surface area contributed by atoms with Crippen molar-refractivity contribution in [2.24, 2.45) is 11.8 Å². The average Bonchev–Trinajstić information content (AvgIpc) is 3.19. The number of benzene rings is 2. The lowest BCUT2D eigenvalue weighted by Crippen LogP contribution is -2.09. The zero-order valence-corrected chi connectivity index (χ0v) is 19.8. The molecule has 5 heteroatoms. The first kappa shape index (κ1) is 23.2. The molecule has 0 amide bonds. The van der Waals surface area contributed by atoms with E-state index in [-0.39, 0.29) is 0 Å². The van der Waals surface area contributed by atoms with E-state index in [0.29, 0.717) is 18.0 Å². The zero-order valence-electron chi connectivity index (χ0n) is 19.8. The minimum absolute atomic E-state index is 0.323. The van der Waals surface area contributed by atoms with Crippen molar-refractivity contribution in [3.8, 4) is 11.1 Å². The van der Waals surface area contributed by atoms with Gasteiger partial charge >= 0.3 is 5.97 Å². The second-order valence-electron chi connectivity index (χ2n) is 9.79. The smallest absolute Gasteiger partial charge is 0.336 e. The molecule has 1 aliphatic rings. The van der Waals surface area contributed by atoms with Crippen LogP contribution in [0.5, 0.6) is 0 Å². The highest BCUT2D eigenvalue weighted by atomic mass is 16.4. The topological polar surface area (TPSA) is 68.0 Å². The number of hydrogen-bond donors (Lipinski definition) is 1. The fourth-order valence-corrected chi connectivity index (χ4v) is 4.87. The number of carbonyl (C=O) groups is 1. The molecule has 1 fully saturated rings. The van der Waals surface area contributed by atoms with E-state index in [0.717, 1.165) is 47.1 Å². The van der Waals surface area contributed by atoms with Crippen LogP contribution in [0.25, 0.3) is 11.1 Å². The molecule has 0 atom stereocenters. The van der Waals surface area contributed by atoms with Crippen molar-refractivity contribution < 1.29 is 9.90 Å². The van der Waals surface area contributed by atoms with Gasteiger partial charge in [0.05, 0.1) is 12.1 Å². The van der Waals surface area contributed by atoms with Crippen LogP contribution >= 0.6 is 0 Å². The van der Waals surface area contributed by atoms with Crippen LogP contribution < -0.4 is 0 Å². The van der Waals surface area contributed by atoms with Gasteiger partial charge in [-0.2, -0.15) is 5.10 Å². The molecule has 0 bridgehead atoms. The summed E-state index contributed by atoms with van der Waals surface area (Å²) in [5.41, 5.74) is 3.11. The summed E-state index contributed by atoms with van der Waals surface area (Å²) >= 11 is 0. The number of aryl methyl sites for hydroxylation is 1. The Morgan fingerprint density at radius 3 is 2.48 bits per heavy atom. The number of aromatic nitrogens is 3. The molecule has 1 aromatic heterocycles. The van der Waals surface area contributed by atoms with E-state index < -0.39 is 5.97 Å². The van der Waals surface area contributed by atoms with Crippen LogP contribution in [0.1, 0.15) is 79.9 Å². The van der Waals surface area contributed by atoms with Crippen LogP contribution in [-0.4, -0.2) is 25.8 Å². The van der Waals surface area contributed by atoms with Crippen LogP contribution in [-0.2, 0) is 19.4 Å². The highest BCUT2D eigenvalue weighted by molar-refractivity contribution is 5.95. The molecule has 0 spiro atoms. The van der Waals surface area contributed by atoms with E-state index in [4.69, 9.17) is 10.1 Å². The molecule has 1 aliphatic carbocycles. The van der Waals surface area contributed by atoms with E-state index in [9.17, 15) is 9.90 Å². The molecular weight excluding hydrogens is 410 g/mol. The van der Waals surface area contributed by atoms with Gasteiger partial charge in [-0.25, -0.2) is 14.5 Å². The van der Waals surface area contributed by atoms with E-state index in [1.165, 1.54) is 38.5 Å². The van der Waals surface area contributed by atoms with Crippen molar-refractivity contribution in [2.45, 2.75) is 71.8 Å². The summed E-state index contributed by atoms with van der Waals surface area (Å²) in [7, 11) is 0. The predicted molar refractivity (Wildman–Crippen MR) is 131 cm³/mol. The Labute approximate surface area is 196 Å². The van der Waals surface area contributed by atoms with Crippen molar-refractivity contribution in [1.29, 1.82) is 0 Å². The molecule has 0 aliphatic heterocycles. The first-order valence-corrected chi connectivity index (χ1v) is 12.3. The van der Waals surface area contributed by atoms with Crippen LogP contribution in [0.4, 0.5) is 0 Å². The summed E-state index contributed by atoms with van der Waals surface area (Å²) < 4.78 is 2.07. The number of rotatable bonds is 9. The molecule has 0 saturated heterocycles. The Kier molecular flexibility index (Phi) is 7.58. The molecule has 1 heterocycles. The summed E-state index contributed by atoms with van der Waals surface area (Å²) in [5.74, 6) is 2.48. The number of carboxylic acids is 1. The van der Waals surface area contributed by atoms with Crippen molar-refractivity contribution in [3.05, 3.63) is 71.3 Å². The molecule has 0 radical (unpaired) electrons. The summed E-state index contributed by atoms with van der Waals surface area (Å²) in [6.07, 6.45) is 9.93. The summed E-state index contributed by atoms with van der Waals surface area (Å²) in [6, 6.07) is 15.3. The van der Waals surface area contributed by atoms with Gasteiger partial charge in [-0.1, -0.05) is 88.4 Å². The number of hydrogen-bond acceptors (Lipinski definition) is 3. The fourth-order valence-electron chi connectivity index (χ4n) is 4.87. The third-order valence-corrected chi connectivity index (χ3v) is 6.64.